The maximum Gasteiger partial charge on any atom is 0.326 e. The number of nitrogens with zero attached hydrogens (tertiary/aromatic N) is 4. The number of rotatable bonds is 4. The van der Waals surface area contributed by atoms with Gasteiger partial charge in [0.05, 0.1) is 0 Å². The molecule has 0 radical (unpaired) electrons. The van der Waals surface area contributed by atoms with Gasteiger partial charge in [-0.25, -0.2) is 4.79 Å². The van der Waals surface area contributed by atoms with E-state index in [4.69, 9.17) is 0 Å². The lowest BCUT2D eigenvalue weighted by Gasteiger charge is -2.36. The Labute approximate surface area is 148 Å². The first-order valence-electron chi connectivity index (χ1n) is 9.14. The summed E-state index contributed by atoms with van der Waals surface area (Å²) in [6.07, 6.45) is 6.11. The van der Waals surface area contributed by atoms with E-state index in [1.54, 1.807) is 8.87 Å². The predicted octanol–water partition coefficient (Wildman–Crippen LogP) is 1.52. The van der Waals surface area contributed by atoms with Gasteiger partial charge in [-0.05, 0) is 44.9 Å². The molecule has 0 spiro atoms. The number of aryl methyl sites for hydroxylation is 1. The second-order valence-corrected chi connectivity index (χ2v) is 9.57. The molecule has 2 atom stereocenters. The summed E-state index contributed by atoms with van der Waals surface area (Å²) in [6.45, 7) is 0.979. The molecule has 138 valence electrons. The van der Waals surface area contributed by atoms with Gasteiger partial charge >= 0.3 is 5.97 Å². The van der Waals surface area contributed by atoms with Crippen molar-refractivity contribution >= 4 is 16.4 Å². The van der Waals surface area contributed by atoms with Crippen LogP contribution in [0.25, 0.3) is 0 Å². The molecule has 4 rings (SSSR count). The smallest absolute Gasteiger partial charge is 0.326 e. The van der Waals surface area contributed by atoms with Crippen molar-refractivity contribution < 1.29 is 18.7 Å². The van der Waals surface area contributed by atoms with Gasteiger partial charge in [-0.15, -0.1) is 14.5 Å². The van der Waals surface area contributed by atoms with Crippen molar-refractivity contribution in [3.63, 3.8) is 0 Å². The molecule has 0 aromatic carbocycles. The van der Waals surface area contributed by atoms with Crippen molar-refractivity contribution in [1.29, 1.82) is 0 Å². The maximum atomic E-state index is 12.7. The number of carboxylic acid groups (broad SMARTS) is 1. The Morgan fingerprint density at radius 1 is 1.12 bits per heavy atom. The standard InChI is InChI=1S/C16H24N4O4S/c21-16(22)13-5-6-14-17-18-15(20(13)14)11-7-9-19(10-8-11)25(23,24)12-3-1-2-4-12/h11-13H,1-10H2,(H-,21,22,23,24). The van der Waals surface area contributed by atoms with Gasteiger partial charge in [0.2, 0.25) is 0 Å². The fourth-order valence-electron chi connectivity index (χ4n) is 4.52. The molecule has 1 aromatic rings. The van der Waals surface area contributed by atoms with E-state index in [0.29, 0.717) is 38.8 Å². The van der Waals surface area contributed by atoms with Crippen LogP contribution in [0, 0.1) is 0 Å². The number of aliphatic carboxylic acids is 1. The number of aromatic nitrogens is 3. The highest BCUT2D eigenvalue weighted by Gasteiger charge is 2.42. The number of carboxylic acids is 1. The van der Waals surface area contributed by atoms with Gasteiger partial charge in [0.25, 0.3) is 0 Å². The molecule has 1 aliphatic carbocycles. The van der Waals surface area contributed by atoms with E-state index in [-0.39, 0.29) is 11.2 Å². The topological polar surface area (TPSA) is 111 Å². The van der Waals surface area contributed by atoms with Gasteiger partial charge in [-0.1, -0.05) is 4.21 Å². The lowest BCUT2D eigenvalue weighted by molar-refractivity contribution is -0.140. The van der Waals surface area contributed by atoms with Crippen LogP contribution in [0.2, 0.25) is 0 Å². The van der Waals surface area contributed by atoms with Crippen molar-refractivity contribution in [2.45, 2.75) is 68.6 Å². The molecule has 1 aromatic heterocycles. The third-order valence-electron chi connectivity index (χ3n) is 5.93. The molecule has 1 N–H and O–H groups in total. The minimum Gasteiger partial charge on any atom is -0.597 e. The summed E-state index contributed by atoms with van der Waals surface area (Å²) in [5.41, 5.74) is 0. The van der Waals surface area contributed by atoms with Gasteiger partial charge in [0.15, 0.2) is 0 Å². The largest absolute Gasteiger partial charge is 0.597 e. The van der Waals surface area contributed by atoms with Gasteiger partial charge in [0, 0.05) is 25.4 Å². The van der Waals surface area contributed by atoms with Gasteiger partial charge in [-0.3, -0.25) is 0 Å². The molecule has 0 amide bonds. The van der Waals surface area contributed by atoms with Crippen LogP contribution in [0.3, 0.4) is 0 Å². The van der Waals surface area contributed by atoms with E-state index < -0.39 is 22.4 Å². The first-order chi connectivity index (χ1) is 12.0. The Morgan fingerprint density at radius 2 is 1.80 bits per heavy atom. The molecule has 2 unspecified atom stereocenters. The van der Waals surface area contributed by atoms with E-state index in [1.807, 2.05) is 0 Å². The molecule has 2 fully saturated rings. The number of sulfonamides is 1. The summed E-state index contributed by atoms with van der Waals surface area (Å²) < 4.78 is 28.9. The fraction of sp³-hybridized carbons (Fsp3) is 0.812. The second kappa shape index (κ2) is 6.44. The molecular formula is C16H24N4O4S. The van der Waals surface area contributed by atoms with Crippen molar-refractivity contribution in [2.75, 3.05) is 13.1 Å². The summed E-state index contributed by atoms with van der Waals surface area (Å²) in [7, 11) is -3.19. The zero-order chi connectivity index (χ0) is 17.6. The van der Waals surface area contributed by atoms with Crippen molar-refractivity contribution in [3.05, 3.63) is 11.6 Å². The minimum absolute atomic E-state index is 0.0798. The third-order valence-corrected chi connectivity index (χ3v) is 8.33. The average Bonchev–Trinajstić information content (AvgIpc) is 3.32. The quantitative estimate of drug-likeness (QED) is 0.807. The van der Waals surface area contributed by atoms with Gasteiger partial charge < -0.3 is 14.2 Å². The van der Waals surface area contributed by atoms with Gasteiger partial charge in [0.1, 0.15) is 33.3 Å². The van der Waals surface area contributed by atoms with Crippen LogP contribution in [-0.4, -0.2) is 53.0 Å². The van der Waals surface area contributed by atoms with E-state index in [0.717, 1.165) is 37.3 Å². The van der Waals surface area contributed by atoms with Crippen LogP contribution < -0.4 is 0 Å². The normalized spacial score (nSPS) is 28.1. The van der Waals surface area contributed by atoms with E-state index in [1.165, 1.54) is 0 Å². The molecule has 0 bridgehead atoms. The van der Waals surface area contributed by atoms with Crippen molar-refractivity contribution in [3.8, 4) is 0 Å². The fourth-order valence-corrected chi connectivity index (χ4v) is 6.59. The Morgan fingerprint density at radius 3 is 2.44 bits per heavy atom. The van der Waals surface area contributed by atoms with E-state index in [2.05, 4.69) is 10.2 Å². The first kappa shape index (κ1) is 17.1. The van der Waals surface area contributed by atoms with Crippen LogP contribution in [0.4, 0.5) is 0 Å². The molecule has 9 heteroatoms. The molecule has 3 heterocycles. The third kappa shape index (κ3) is 2.92. The zero-order valence-electron chi connectivity index (χ0n) is 14.2. The Kier molecular flexibility index (Phi) is 4.41. The summed E-state index contributed by atoms with van der Waals surface area (Å²) >= 11 is 0. The molecule has 1 saturated heterocycles. The monoisotopic (exact) mass is 368 g/mol. The first-order valence-corrected chi connectivity index (χ1v) is 10.6. The van der Waals surface area contributed by atoms with Crippen LogP contribution in [0.5, 0.6) is 0 Å². The van der Waals surface area contributed by atoms with Crippen LogP contribution in [0.15, 0.2) is 0 Å². The van der Waals surface area contributed by atoms with E-state index >= 15 is 0 Å². The highest BCUT2D eigenvalue weighted by atomic mass is 32.3. The summed E-state index contributed by atoms with van der Waals surface area (Å²) in [6, 6.07) is -0.583. The number of hydrogen-bond acceptors (Lipinski definition) is 5. The molecule has 1 saturated carbocycles. The number of hydrogen-bond donors (Lipinski definition) is 1. The highest BCUT2D eigenvalue weighted by molar-refractivity contribution is 7.96. The lowest BCUT2D eigenvalue weighted by atomic mass is 9.97. The number of piperidine rings is 1. The number of fused-ring (bicyclic) bond motifs is 1. The summed E-state index contributed by atoms with van der Waals surface area (Å²) in [4.78, 5) is 11.5. The predicted molar refractivity (Wildman–Crippen MR) is 89.6 cm³/mol. The number of carbonyl (C=O) groups is 1. The van der Waals surface area contributed by atoms with Gasteiger partial charge in [-0.2, -0.15) is 0 Å². The van der Waals surface area contributed by atoms with Crippen LogP contribution in [-0.2, 0) is 25.8 Å². The molecule has 8 nitrogen and oxygen atoms in total. The maximum absolute atomic E-state index is 12.7. The van der Waals surface area contributed by atoms with E-state index in [9.17, 15) is 18.7 Å². The summed E-state index contributed by atoms with van der Waals surface area (Å²) in [5, 5.41) is 17.6. The highest BCUT2D eigenvalue weighted by Crippen LogP contribution is 2.37. The lowest BCUT2D eigenvalue weighted by Crippen LogP contribution is -2.47. The van der Waals surface area contributed by atoms with Crippen molar-refractivity contribution in [1.82, 2.24) is 19.1 Å². The SMILES string of the molecule is O=C(O)C1CCc2nnc(C3CCN([S+](=O)([O-])C4CCCC4)CC3)n21. The van der Waals surface area contributed by atoms with Crippen LogP contribution in [0.1, 0.15) is 68.6 Å². The molecule has 3 aliphatic rings. The average molecular weight is 368 g/mol. The molecule has 25 heavy (non-hydrogen) atoms. The Bertz CT molecular complexity index is 707. The Balaban J connectivity index is 1.47. The Hall–Kier alpha value is -1.32. The zero-order valence-corrected chi connectivity index (χ0v) is 15.0. The molecule has 2 aliphatic heterocycles. The van der Waals surface area contributed by atoms with Crippen LogP contribution >= 0.6 is 0 Å². The summed E-state index contributed by atoms with van der Waals surface area (Å²) in [5.74, 6) is 0.693. The van der Waals surface area contributed by atoms with Crippen molar-refractivity contribution in [2.24, 2.45) is 0 Å². The second-order valence-electron chi connectivity index (χ2n) is 7.36. The molecular weight excluding hydrogens is 344 g/mol. The minimum atomic E-state index is -3.19.